The van der Waals surface area contributed by atoms with Crippen LogP contribution in [0, 0.1) is 6.92 Å². The van der Waals surface area contributed by atoms with Crippen LogP contribution in [0.25, 0.3) is 0 Å². The molecule has 1 aromatic carbocycles. The molecule has 94 valence electrons. The zero-order valence-corrected chi connectivity index (χ0v) is 13.4. The summed E-state index contributed by atoms with van der Waals surface area (Å²) in [5, 5.41) is 0.961. The van der Waals surface area contributed by atoms with E-state index in [-0.39, 0.29) is 0 Å². The lowest BCUT2D eigenvalue weighted by molar-refractivity contribution is 0.771. The third-order valence-electron chi connectivity index (χ3n) is 2.94. The fourth-order valence-electron chi connectivity index (χ4n) is 2.04. The second-order valence-corrected chi connectivity index (χ2v) is 6.04. The highest BCUT2D eigenvalue weighted by molar-refractivity contribution is 9.10. The van der Waals surface area contributed by atoms with Crippen molar-refractivity contribution in [1.29, 1.82) is 0 Å². The van der Waals surface area contributed by atoms with Crippen molar-refractivity contribution in [3.05, 3.63) is 63.9 Å². The lowest BCUT2D eigenvalue weighted by Gasteiger charge is -2.15. The molecule has 0 saturated carbocycles. The molecule has 1 aromatic heterocycles. The van der Waals surface area contributed by atoms with Crippen LogP contribution in [0.4, 0.5) is 0 Å². The average Bonchev–Trinajstić information content (AvgIpc) is 2.36. The van der Waals surface area contributed by atoms with E-state index in [0.29, 0.717) is 5.92 Å². The smallest absolute Gasteiger partial charge is 0.0410 e. The molecule has 0 radical (unpaired) electrons. The van der Waals surface area contributed by atoms with Crippen molar-refractivity contribution in [2.75, 3.05) is 5.33 Å². The Morgan fingerprint density at radius 3 is 2.72 bits per heavy atom. The van der Waals surface area contributed by atoms with Crippen LogP contribution in [0.15, 0.2) is 47.2 Å². The summed E-state index contributed by atoms with van der Waals surface area (Å²) in [6.45, 7) is 2.13. The summed E-state index contributed by atoms with van der Waals surface area (Å²) >= 11 is 7.09. The van der Waals surface area contributed by atoms with Gasteiger partial charge in [0.15, 0.2) is 0 Å². The molecule has 0 fully saturated rings. The number of hydrogen-bond donors (Lipinski definition) is 0. The van der Waals surface area contributed by atoms with Crippen molar-refractivity contribution in [2.45, 2.75) is 19.3 Å². The Morgan fingerprint density at radius 1 is 1.22 bits per heavy atom. The third-order valence-corrected chi connectivity index (χ3v) is 4.16. The first-order valence-corrected chi connectivity index (χ1v) is 7.82. The Kier molecular flexibility index (Phi) is 4.95. The van der Waals surface area contributed by atoms with E-state index < -0.39 is 0 Å². The van der Waals surface area contributed by atoms with Gasteiger partial charge in [-0.25, -0.2) is 0 Å². The number of rotatable bonds is 4. The fourth-order valence-corrected chi connectivity index (χ4v) is 3.05. The molecule has 0 aliphatic carbocycles. The van der Waals surface area contributed by atoms with Crippen LogP contribution in [-0.4, -0.2) is 10.3 Å². The fraction of sp³-hybridized carbons (Fsp3) is 0.267. The van der Waals surface area contributed by atoms with Gasteiger partial charge in [-0.3, -0.25) is 4.98 Å². The standard InChI is InChI=1S/C15H15Br2N/c1-11-3-2-4-13(5-11)14(8-16)6-12-7-15(17)10-18-9-12/h2-5,7,9-10,14H,6,8H2,1H3. The number of hydrogen-bond acceptors (Lipinski definition) is 1. The van der Waals surface area contributed by atoms with Gasteiger partial charge in [0.1, 0.15) is 0 Å². The Hall–Kier alpha value is -0.670. The normalized spacial score (nSPS) is 12.4. The number of aryl methyl sites for hydroxylation is 1. The van der Waals surface area contributed by atoms with Gasteiger partial charge in [0.05, 0.1) is 0 Å². The van der Waals surface area contributed by atoms with Gasteiger partial charge < -0.3 is 0 Å². The molecule has 0 bridgehead atoms. The number of benzene rings is 1. The molecule has 2 rings (SSSR count). The Balaban J connectivity index is 2.19. The van der Waals surface area contributed by atoms with Crippen LogP contribution in [0.3, 0.4) is 0 Å². The molecule has 0 saturated heterocycles. The highest BCUT2D eigenvalue weighted by Gasteiger charge is 2.11. The van der Waals surface area contributed by atoms with Crippen LogP contribution in [0.5, 0.6) is 0 Å². The molecule has 1 nitrogen and oxygen atoms in total. The van der Waals surface area contributed by atoms with Gasteiger partial charge in [-0.1, -0.05) is 45.8 Å². The first-order chi connectivity index (χ1) is 8.69. The predicted molar refractivity (Wildman–Crippen MR) is 83.4 cm³/mol. The van der Waals surface area contributed by atoms with Crippen molar-refractivity contribution < 1.29 is 0 Å². The number of aromatic nitrogens is 1. The topological polar surface area (TPSA) is 12.9 Å². The van der Waals surface area contributed by atoms with Crippen molar-refractivity contribution in [3.63, 3.8) is 0 Å². The van der Waals surface area contributed by atoms with Crippen LogP contribution in [0.1, 0.15) is 22.6 Å². The largest absolute Gasteiger partial charge is 0.263 e. The Labute approximate surface area is 125 Å². The van der Waals surface area contributed by atoms with Gasteiger partial charge in [0.2, 0.25) is 0 Å². The Bertz CT molecular complexity index is 525. The molecular formula is C15H15Br2N. The minimum absolute atomic E-state index is 0.487. The quantitative estimate of drug-likeness (QED) is 0.701. The van der Waals surface area contributed by atoms with E-state index in [1.807, 2.05) is 12.4 Å². The van der Waals surface area contributed by atoms with Gasteiger partial charge in [-0.05, 0) is 52.4 Å². The summed E-state index contributed by atoms with van der Waals surface area (Å²) in [4.78, 5) is 4.22. The molecule has 18 heavy (non-hydrogen) atoms. The Morgan fingerprint density at radius 2 is 2.06 bits per heavy atom. The maximum Gasteiger partial charge on any atom is 0.0410 e. The van der Waals surface area contributed by atoms with Crippen LogP contribution in [-0.2, 0) is 6.42 Å². The van der Waals surface area contributed by atoms with Crippen molar-refractivity contribution >= 4 is 31.9 Å². The molecule has 0 spiro atoms. The van der Waals surface area contributed by atoms with Gasteiger partial charge >= 0.3 is 0 Å². The van der Waals surface area contributed by atoms with E-state index in [1.165, 1.54) is 16.7 Å². The average molecular weight is 369 g/mol. The SMILES string of the molecule is Cc1cccc(C(CBr)Cc2cncc(Br)c2)c1. The molecule has 0 aliphatic rings. The molecule has 1 heterocycles. The minimum atomic E-state index is 0.487. The summed E-state index contributed by atoms with van der Waals surface area (Å²) in [7, 11) is 0. The predicted octanol–water partition coefficient (Wildman–Crippen LogP) is 4.87. The lowest BCUT2D eigenvalue weighted by atomic mass is 9.93. The van der Waals surface area contributed by atoms with E-state index in [9.17, 15) is 0 Å². The summed E-state index contributed by atoms with van der Waals surface area (Å²) in [5.41, 5.74) is 3.95. The molecule has 2 aromatic rings. The zero-order chi connectivity index (χ0) is 13.0. The molecule has 0 aliphatic heterocycles. The van der Waals surface area contributed by atoms with Crippen molar-refractivity contribution in [1.82, 2.24) is 4.98 Å². The van der Waals surface area contributed by atoms with Crippen molar-refractivity contribution in [2.24, 2.45) is 0 Å². The van der Waals surface area contributed by atoms with Gasteiger partial charge in [-0.2, -0.15) is 0 Å². The first-order valence-electron chi connectivity index (χ1n) is 5.91. The van der Waals surface area contributed by atoms with Crippen molar-refractivity contribution in [3.8, 4) is 0 Å². The second kappa shape index (κ2) is 6.48. The lowest BCUT2D eigenvalue weighted by Crippen LogP contribution is -2.05. The van der Waals surface area contributed by atoms with Crippen LogP contribution >= 0.6 is 31.9 Å². The second-order valence-electron chi connectivity index (χ2n) is 4.48. The highest BCUT2D eigenvalue weighted by atomic mass is 79.9. The maximum absolute atomic E-state index is 4.22. The third kappa shape index (κ3) is 3.66. The molecule has 0 amide bonds. The highest BCUT2D eigenvalue weighted by Crippen LogP contribution is 2.24. The summed E-state index contributed by atoms with van der Waals surface area (Å²) < 4.78 is 1.04. The van der Waals surface area contributed by atoms with E-state index in [1.54, 1.807) is 0 Å². The summed E-state index contributed by atoms with van der Waals surface area (Å²) in [5.74, 6) is 0.487. The molecule has 3 heteroatoms. The van der Waals surface area contributed by atoms with E-state index in [4.69, 9.17) is 0 Å². The van der Waals surface area contributed by atoms with Gasteiger partial charge in [0.25, 0.3) is 0 Å². The van der Waals surface area contributed by atoms with Crippen LogP contribution in [0.2, 0.25) is 0 Å². The monoisotopic (exact) mass is 367 g/mol. The van der Waals surface area contributed by atoms with Gasteiger partial charge in [0, 0.05) is 22.2 Å². The van der Waals surface area contributed by atoms with Crippen LogP contribution < -0.4 is 0 Å². The maximum atomic E-state index is 4.22. The molecule has 0 N–H and O–H groups in total. The van der Waals surface area contributed by atoms with Gasteiger partial charge in [-0.15, -0.1) is 0 Å². The summed E-state index contributed by atoms with van der Waals surface area (Å²) in [6, 6.07) is 10.9. The number of halogens is 2. The number of alkyl halides is 1. The van der Waals surface area contributed by atoms with E-state index >= 15 is 0 Å². The minimum Gasteiger partial charge on any atom is -0.263 e. The molecule has 1 atom stereocenters. The zero-order valence-electron chi connectivity index (χ0n) is 10.2. The summed E-state index contributed by atoms with van der Waals surface area (Å²) in [6.07, 6.45) is 4.76. The number of pyridine rings is 1. The number of nitrogens with zero attached hydrogens (tertiary/aromatic N) is 1. The first kappa shape index (κ1) is 13.8. The molecule has 1 unspecified atom stereocenters. The van der Waals surface area contributed by atoms with E-state index in [0.717, 1.165) is 16.2 Å². The van der Waals surface area contributed by atoms with E-state index in [2.05, 4.69) is 74.1 Å². The molecular weight excluding hydrogens is 354 g/mol.